The van der Waals surface area contributed by atoms with E-state index in [0.29, 0.717) is 12.4 Å². The van der Waals surface area contributed by atoms with Gasteiger partial charge in [0, 0.05) is 56.7 Å². The molecule has 3 aromatic rings. The largest absolute Gasteiger partial charge is 0.338 e. The molecule has 3 heterocycles. The zero-order valence-electron chi connectivity index (χ0n) is 14.4. The molecule has 26 heavy (non-hydrogen) atoms. The maximum Gasteiger partial charge on any atom is 0.251 e. The van der Waals surface area contributed by atoms with Gasteiger partial charge in [0.2, 0.25) is 5.95 Å². The molecule has 0 saturated carbocycles. The van der Waals surface area contributed by atoms with Crippen LogP contribution in [-0.4, -0.2) is 51.0 Å². The van der Waals surface area contributed by atoms with E-state index in [4.69, 9.17) is 0 Å². The van der Waals surface area contributed by atoms with E-state index in [-0.39, 0.29) is 5.56 Å². The zero-order valence-corrected chi connectivity index (χ0v) is 14.4. The third-order valence-electron chi connectivity index (χ3n) is 4.43. The Morgan fingerprint density at radius 2 is 1.69 bits per heavy atom. The molecule has 4 rings (SSSR count). The van der Waals surface area contributed by atoms with Crippen LogP contribution in [0.25, 0.3) is 11.4 Å². The van der Waals surface area contributed by atoms with Crippen molar-refractivity contribution in [3.63, 3.8) is 0 Å². The molecule has 1 aliphatic heterocycles. The summed E-state index contributed by atoms with van der Waals surface area (Å²) in [5.41, 5.74) is 1.58. The van der Waals surface area contributed by atoms with Crippen molar-refractivity contribution in [3.8, 4) is 11.4 Å². The van der Waals surface area contributed by atoms with E-state index in [2.05, 4.69) is 29.7 Å². The predicted octanol–water partition coefficient (Wildman–Crippen LogP) is 1.55. The van der Waals surface area contributed by atoms with Gasteiger partial charge in [-0.15, -0.1) is 0 Å². The van der Waals surface area contributed by atoms with Crippen molar-refractivity contribution in [1.82, 2.24) is 24.8 Å². The highest BCUT2D eigenvalue weighted by Gasteiger charge is 2.19. The first kappa shape index (κ1) is 16.4. The molecule has 1 N–H and O–H groups in total. The number of nitrogens with one attached hydrogen (secondary N) is 1. The molecule has 2 aromatic heterocycles. The number of rotatable bonds is 4. The second-order valence-electron chi connectivity index (χ2n) is 6.26. The molecule has 0 bridgehead atoms. The normalized spacial score (nSPS) is 15.2. The lowest BCUT2D eigenvalue weighted by Gasteiger charge is -2.34. The Balaban J connectivity index is 1.44. The molecule has 7 nitrogen and oxygen atoms in total. The maximum absolute atomic E-state index is 12.0. The summed E-state index contributed by atoms with van der Waals surface area (Å²) in [6.07, 6.45) is 3.53. The lowest BCUT2D eigenvalue weighted by Crippen LogP contribution is -2.46. The maximum atomic E-state index is 12.0. The Bertz CT molecular complexity index is 904. The Morgan fingerprint density at radius 1 is 0.962 bits per heavy atom. The van der Waals surface area contributed by atoms with E-state index < -0.39 is 0 Å². The molecule has 0 atom stereocenters. The first-order valence-corrected chi connectivity index (χ1v) is 8.68. The number of aromatic nitrogens is 4. The molecule has 7 heteroatoms. The summed E-state index contributed by atoms with van der Waals surface area (Å²) in [5, 5.41) is 0. The van der Waals surface area contributed by atoms with Gasteiger partial charge in [-0.2, -0.15) is 0 Å². The van der Waals surface area contributed by atoms with Crippen LogP contribution in [0.2, 0.25) is 0 Å². The number of hydrogen-bond acceptors (Lipinski definition) is 6. The van der Waals surface area contributed by atoms with Gasteiger partial charge in [-0.05, 0) is 6.07 Å². The first-order valence-electron chi connectivity index (χ1n) is 8.68. The fraction of sp³-hybridized carbons (Fsp3) is 0.263. The molecule has 1 aliphatic rings. The van der Waals surface area contributed by atoms with Gasteiger partial charge in [0.25, 0.3) is 5.56 Å². The Labute approximate surface area is 151 Å². The van der Waals surface area contributed by atoms with Crippen LogP contribution in [0.5, 0.6) is 0 Å². The van der Waals surface area contributed by atoms with Crippen molar-refractivity contribution in [1.29, 1.82) is 0 Å². The molecule has 0 unspecified atom stereocenters. The quantitative estimate of drug-likeness (QED) is 0.771. The van der Waals surface area contributed by atoms with E-state index in [9.17, 15) is 4.79 Å². The van der Waals surface area contributed by atoms with E-state index >= 15 is 0 Å². The highest BCUT2D eigenvalue weighted by molar-refractivity contribution is 5.54. The minimum absolute atomic E-state index is 0.120. The van der Waals surface area contributed by atoms with Crippen molar-refractivity contribution in [3.05, 3.63) is 70.9 Å². The van der Waals surface area contributed by atoms with Crippen LogP contribution in [-0.2, 0) is 6.54 Å². The fourth-order valence-electron chi connectivity index (χ4n) is 3.11. The van der Waals surface area contributed by atoms with E-state index in [1.165, 1.54) is 0 Å². The second-order valence-corrected chi connectivity index (χ2v) is 6.26. The molecule has 0 amide bonds. The summed E-state index contributed by atoms with van der Waals surface area (Å²) in [6.45, 7) is 4.14. The average Bonchev–Trinajstić information content (AvgIpc) is 2.69. The number of hydrogen-bond donors (Lipinski definition) is 1. The number of piperazine rings is 1. The smallest absolute Gasteiger partial charge is 0.251 e. The summed E-state index contributed by atoms with van der Waals surface area (Å²) >= 11 is 0. The van der Waals surface area contributed by atoms with Gasteiger partial charge in [0.15, 0.2) is 0 Å². The summed E-state index contributed by atoms with van der Waals surface area (Å²) in [7, 11) is 0. The van der Waals surface area contributed by atoms with Crippen LogP contribution in [0.1, 0.15) is 5.69 Å². The molecule has 1 aromatic carbocycles. The van der Waals surface area contributed by atoms with E-state index in [1.807, 2.05) is 36.4 Å². The van der Waals surface area contributed by atoms with Gasteiger partial charge in [-0.1, -0.05) is 30.3 Å². The minimum atomic E-state index is -0.120. The van der Waals surface area contributed by atoms with Crippen LogP contribution < -0.4 is 10.5 Å². The molecule has 0 aliphatic carbocycles. The van der Waals surface area contributed by atoms with Crippen molar-refractivity contribution < 1.29 is 0 Å². The van der Waals surface area contributed by atoms with Gasteiger partial charge in [0.05, 0.1) is 5.69 Å². The van der Waals surface area contributed by atoms with Crippen molar-refractivity contribution >= 4 is 5.95 Å². The third kappa shape index (κ3) is 3.78. The van der Waals surface area contributed by atoms with Crippen molar-refractivity contribution in [2.24, 2.45) is 0 Å². The van der Waals surface area contributed by atoms with Crippen LogP contribution in [0.3, 0.4) is 0 Å². The van der Waals surface area contributed by atoms with Crippen LogP contribution in [0.15, 0.2) is 59.7 Å². The van der Waals surface area contributed by atoms with E-state index in [1.54, 1.807) is 18.5 Å². The highest BCUT2D eigenvalue weighted by Crippen LogP contribution is 2.15. The molecular formula is C19H20N6O. The van der Waals surface area contributed by atoms with Gasteiger partial charge < -0.3 is 9.88 Å². The van der Waals surface area contributed by atoms with Crippen molar-refractivity contribution in [2.45, 2.75) is 6.54 Å². The molecular weight excluding hydrogens is 328 g/mol. The summed E-state index contributed by atoms with van der Waals surface area (Å²) in [5.74, 6) is 1.39. The molecule has 1 saturated heterocycles. The number of aromatic amines is 1. The number of nitrogens with zero attached hydrogens (tertiary/aromatic N) is 5. The highest BCUT2D eigenvalue weighted by atomic mass is 16.1. The van der Waals surface area contributed by atoms with Gasteiger partial charge in [0.1, 0.15) is 5.82 Å². The SMILES string of the molecule is O=c1cc(CN2CCN(c3ncccn3)CC2)nc(-c2ccccc2)[nH]1. The van der Waals surface area contributed by atoms with E-state index in [0.717, 1.165) is 43.4 Å². The monoisotopic (exact) mass is 348 g/mol. The summed E-state index contributed by atoms with van der Waals surface area (Å²) in [6, 6.07) is 13.1. The number of H-pyrrole nitrogens is 1. The molecule has 132 valence electrons. The molecule has 0 radical (unpaired) electrons. The number of benzene rings is 1. The first-order chi connectivity index (χ1) is 12.8. The topological polar surface area (TPSA) is 78.0 Å². The Hall–Kier alpha value is -3.06. The summed E-state index contributed by atoms with van der Waals surface area (Å²) < 4.78 is 0. The minimum Gasteiger partial charge on any atom is -0.338 e. The zero-order chi connectivity index (χ0) is 17.8. The van der Waals surface area contributed by atoms with Gasteiger partial charge in [-0.25, -0.2) is 15.0 Å². The lowest BCUT2D eigenvalue weighted by atomic mass is 10.2. The standard InChI is InChI=1S/C19H20N6O/c26-17-13-16(22-18(23-17)15-5-2-1-3-6-15)14-24-9-11-25(12-10-24)19-20-7-4-8-21-19/h1-8,13H,9-12,14H2,(H,22,23,26). The lowest BCUT2D eigenvalue weighted by molar-refractivity contribution is 0.246. The van der Waals surface area contributed by atoms with Gasteiger partial charge in [-0.3, -0.25) is 9.69 Å². The third-order valence-corrected chi connectivity index (χ3v) is 4.43. The second kappa shape index (κ2) is 7.45. The van der Waals surface area contributed by atoms with Crippen LogP contribution >= 0.6 is 0 Å². The van der Waals surface area contributed by atoms with Crippen molar-refractivity contribution in [2.75, 3.05) is 31.1 Å². The number of anilines is 1. The fourth-order valence-corrected chi connectivity index (χ4v) is 3.11. The predicted molar refractivity (Wildman–Crippen MR) is 99.8 cm³/mol. The Kier molecular flexibility index (Phi) is 4.70. The Morgan fingerprint density at radius 3 is 2.42 bits per heavy atom. The summed E-state index contributed by atoms with van der Waals surface area (Å²) in [4.78, 5) is 32.6. The molecule has 0 spiro atoms. The van der Waals surface area contributed by atoms with Crippen LogP contribution in [0.4, 0.5) is 5.95 Å². The molecule has 1 fully saturated rings. The average molecular weight is 348 g/mol. The van der Waals surface area contributed by atoms with Crippen LogP contribution in [0, 0.1) is 0 Å². The van der Waals surface area contributed by atoms with Gasteiger partial charge >= 0.3 is 0 Å².